The van der Waals surface area contributed by atoms with E-state index in [1.54, 1.807) is 36.1 Å². The number of carbonyl (C=O) groups excluding carboxylic acids is 1. The molecule has 1 amide bonds. The minimum absolute atomic E-state index is 0.154. The van der Waals surface area contributed by atoms with Crippen LogP contribution in [-0.2, 0) is 32.7 Å². The highest BCUT2D eigenvalue weighted by atomic mass is 16.5. The third-order valence-corrected chi connectivity index (χ3v) is 6.23. The number of hydrogen-bond acceptors (Lipinski definition) is 6. The molecule has 8 nitrogen and oxygen atoms in total. The number of anilines is 1. The lowest BCUT2D eigenvalue weighted by atomic mass is 9.86. The molecule has 35 heavy (non-hydrogen) atoms. The van der Waals surface area contributed by atoms with Crippen LogP contribution in [0.5, 0.6) is 5.75 Å². The van der Waals surface area contributed by atoms with Gasteiger partial charge < -0.3 is 24.8 Å². The fraction of sp³-hybridized carbons (Fsp3) is 0.444. The molecule has 0 aromatic heterocycles. The second-order valence-electron chi connectivity index (χ2n) is 8.76. The van der Waals surface area contributed by atoms with Gasteiger partial charge in [-0.05, 0) is 61.2 Å². The van der Waals surface area contributed by atoms with E-state index < -0.39 is 11.5 Å². The molecule has 1 atom stereocenters. The molecule has 1 aliphatic rings. The number of benzene rings is 2. The highest BCUT2D eigenvalue weighted by molar-refractivity contribution is 5.86. The molecule has 1 saturated heterocycles. The van der Waals surface area contributed by atoms with Crippen molar-refractivity contribution in [2.75, 3.05) is 38.2 Å². The van der Waals surface area contributed by atoms with Crippen molar-refractivity contribution in [2.24, 2.45) is 0 Å². The van der Waals surface area contributed by atoms with Gasteiger partial charge in [0.15, 0.2) is 12.1 Å². The van der Waals surface area contributed by atoms with E-state index in [0.717, 1.165) is 24.0 Å². The zero-order valence-electron chi connectivity index (χ0n) is 20.6. The first-order valence-corrected chi connectivity index (χ1v) is 12.0. The minimum atomic E-state index is -1.54. The van der Waals surface area contributed by atoms with Gasteiger partial charge in [-0.2, -0.15) is 5.26 Å². The Balaban J connectivity index is 2.02. The summed E-state index contributed by atoms with van der Waals surface area (Å²) in [6.07, 6.45) is 2.25. The van der Waals surface area contributed by atoms with Crippen LogP contribution in [0.1, 0.15) is 49.4 Å². The van der Waals surface area contributed by atoms with Crippen LogP contribution in [0, 0.1) is 11.3 Å². The number of morpholine rings is 1. The third-order valence-electron chi connectivity index (χ3n) is 6.23. The summed E-state index contributed by atoms with van der Waals surface area (Å²) in [5.74, 6) is -0.808. The zero-order valence-corrected chi connectivity index (χ0v) is 20.6. The lowest BCUT2D eigenvalue weighted by Crippen LogP contribution is -2.43. The van der Waals surface area contributed by atoms with Gasteiger partial charge in [0.1, 0.15) is 5.75 Å². The van der Waals surface area contributed by atoms with E-state index in [2.05, 4.69) is 11.4 Å². The highest BCUT2D eigenvalue weighted by Crippen LogP contribution is 2.38. The Kier molecular flexibility index (Phi) is 8.72. The number of carboxylic acid groups (broad SMARTS) is 1. The largest absolute Gasteiger partial charge is 0.483 e. The maximum Gasteiger partial charge on any atom is 0.333 e. The van der Waals surface area contributed by atoms with Crippen molar-refractivity contribution in [3.05, 3.63) is 58.7 Å². The Hall–Kier alpha value is -3.57. The van der Waals surface area contributed by atoms with Gasteiger partial charge in [-0.3, -0.25) is 4.79 Å². The van der Waals surface area contributed by atoms with Gasteiger partial charge in [0.25, 0.3) is 5.91 Å². The molecule has 2 aromatic rings. The Morgan fingerprint density at radius 3 is 2.46 bits per heavy atom. The van der Waals surface area contributed by atoms with E-state index in [4.69, 9.17) is 14.7 Å². The summed E-state index contributed by atoms with van der Waals surface area (Å²) in [5.41, 5.74) is 1.83. The van der Waals surface area contributed by atoms with Crippen molar-refractivity contribution in [1.29, 1.82) is 5.26 Å². The normalized spacial score (nSPS) is 15.1. The summed E-state index contributed by atoms with van der Waals surface area (Å²) in [5, 5.41) is 22.6. The van der Waals surface area contributed by atoms with Crippen LogP contribution < -0.4 is 10.1 Å². The summed E-state index contributed by atoms with van der Waals surface area (Å²) < 4.78 is 11.5. The number of aryl methyl sites for hydroxylation is 2. The van der Waals surface area contributed by atoms with Gasteiger partial charge >= 0.3 is 5.97 Å². The van der Waals surface area contributed by atoms with E-state index in [1.807, 2.05) is 26.0 Å². The van der Waals surface area contributed by atoms with Crippen molar-refractivity contribution >= 4 is 17.6 Å². The van der Waals surface area contributed by atoms with E-state index in [-0.39, 0.29) is 12.5 Å². The van der Waals surface area contributed by atoms with Crippen LogP contribution in [-0.4, -0.2) is 54.8 Å². The third kappa shape index (κ3) is 6.11. The molecule has 2 aromatic carbocycles. The first-order chi connectivity index (χ1) is 16.8. The first kappa shape index (κ1) is 26.0. The molecule has 8 heteroatoms. The monoisotopic (exact) mass is 479 g/mol. The van der Waals surface area contributed by atoms with E-state index in [9.17, 15) is 14.7 Å². The maximum atomic E-state index is 12.8. The molecule has 3 rings (SSSR count). The fourth-order valence-corrected chi connectivity index (χ4v) is 4.15. The lowest BCUT2D eigenvalue weighted by Gasteiger charge is -2.32. The van der Waals surface area contributed by atoms with Crippen molar-refractivity contribution in [2.45, 2.75) is 45.6 Å². The molecule has 0 bridgehead atoms. The summed E-state index contributed by atoms with van der Waals surface area (Å²) in [4.78, 5) is 27.2. The molecule has 1 heterocycles. The molecular weight excluding hydrogens is 446 g/mol. The van der Waals surface area contributed by atoms with Crippen LogP contribution >= 0.6 is 0 Å². The van der Waals surface area contributed by atoms with Crippen LogP contribution in [0.4, 0.5) is 5.69 Å². The predicted octanol–water partition coefficient (Wildman–Crippen LogP) is 3.72. The van der Waals surface area contributed by atoms with Crippen LogP contribution in [0.15, 0.2) is 36.4 Å². The van der Waals surface area contributed by atoms with Gasteiger partial charge in [-0.25, -0.2) is 4.79 Å². The van der Waals surface area contributed by atoms with Gasteiger partial charge in [-0.1, -0.05) is 26.3 Å². The highest BCUT2D eigenvalue weighted by Gasteiger charge is 2.39. The maximum absolute atomic E-state index is 12.8. The number of nitriles is 1. The number of carboxylic acids is 1. The van der Waals surface area contributed by atoms with Crippen molar-refractivity contribution in [3.63, 3.8) is 0 Å². The number of ether oxygens (including phenoxy) is 2. The molecule has 0 spiro atoms. The smallest absolute Gasteiger partial charge is 0.333 e. The average molecular weight is 480 g/mol. The van der Waals surface area contributed by atoms with Crippen molar-refractivity contribution in [1.82, 2.24) is 4.90 Å². The number of carbonyl (C=O) groups is 2. The molecule has 1 aliphatic heterocycles. The molecule has 0 aliphatic carbocycles. The molecule has 2 N–H and O–H groups in total. The average Bonchev–Trinajstić information content (AvgIpc) is 2.88. The molecule has 1 fully saturated rings. The van der Waals surface area contributed by atoms with Gasteiger partial charge in [0.05, 0.1) is 24.8 Å². The Labute approximate surface area is 206 Å². The molecule has 186 valence electrons. The zero-order chi connectivity index (χ0) is 25.4. The molecule has 1 unspecified atom stereocenters. The van der Waals surface area contributed by atoms with E-state index in [1.165, 1.54) is 0 Å². The van der Waals surface area contributed by atoms with Crippen LogP contribution in [0.2, 0.25) is 0 Å². The number of nitrogens with zero attached hydrogens (tertiary/aromatic N) is 2. The number of amides is 1. The van der Waals surface area contributed by atoms with Gasteiger partial charge in [0.2, 0.25) is 0 Å². The molecule has 0 radical (unpaired) electrons. The molecule has 0 saturated carbocycles. The summed E-state index contributed by atoms with van der Waals surface area (Å²) >= 11 is 0. The Morgan fingerprint density at radius 1 is 1.20 bits per heavy atom. The number of rotatable bonds is 10. The van der Waals surface area contributed by atoms with Crippen LogP contribution in [0.25, 0.3) is 0 Å². The fourth-order valence-electron chi connectivity index (χ4n) is 4.15. The number of aliphatic carboxylic acids is 1. The Bertz CT molecular complexity index is 1090. The standard InChI is InChI=1S/C27H33N3O5/c1-4-6-21-15-19(5-2)16-23(25(21)35-18-24(31)30-11-13-34-14-12-30)27(3,26(32)33)29-22-9-7-20(17-28)8-10-22/h7-10,15-16,29H,4-6,11-14,18H2,1-3H3,(H,32,33). The predicted molar refractivity (Wildman–Crippen MR) is 132 cm³/mol. The van der Waals surface area contributed by atoms with Gasteiger partial charge in [0, 0.05) is 24.3 Å². The van der Waals surface area contributed by atoms with Crippen molar-refractivity contribution < 1.29 is 24.2 Å². The summed E-state index contributed by atoms with van der Waals surface area (Å²) in [6.45, 7) is 7.49. The summed E-state index contributed by atoms with van der Waals surface area (Å²) in [6, 6.07) is 12.6. The van der Waals surface area contributed by atoms with E-state index >= 15 is 0 Å². The summed E-state index contributed by atoms with van der Waals surface area (Å²) in [7, 11) is 0. The number of nitrogens with one attached hydrogen (secondary N) is 1. The topological polar surface area (TPSA) is 112 Å². The lowest BCUT2D eigenvalue weighted by molar-refractivity contribution is -0.142. The Morgan fingerprint density at radius 2 is 1.89 bits per heavy atom. The SMILES string of the molecule is CCCc1cc(CC)cc(C(C)(Nc2ccc(C#N)cc2)C(=O)O)c1OCC(=O)N1CCOCC1. The van der Waals surface area contributed by atoms with Crippen LogP contribution in [0.3, 0.4) is 0 Å². The second kappa shape index (κ2) is 11.7. The minimum Gasteiger partial charge on any atom is -0.483 e. The quantitative estimate of drug-likeness (QED) is 0.534. The van der Waals surface area contributed by atoms with Gasteiger partial charge in [-0.15, -0.1) is 0 Å². The number of hydrogen-bond donors (Lipinski definition) is 2. The van der Waals surface area contributed by atoms with E-state index in [0.29, 0.717) is 55.3 Å². The van der Waals surface area contributed by atoms with Crippen molar-refractivity contribution in [3.8, 4) is 11.8 Å². The first-order valence-electron chi connectivity index (χ1n) is 12.0. The molecular formula is C27H33N3O5. The second-order valence-corrected chi connectivity index (χ2v) is 8.76.